The summed E-state index contributed by atoms with van der Waals surface area (Å²) in [5, 5.41) is 13.3. The maximum Gasteiger partial charge on any atom is 0.407 e. The smallest absolute Gasteiger partial charge is 0.407 e. The lowest BCUT2D eigenvalue weighted by atomic mass is 10.1. The van der Waals surface area contributed by atoms with Crippen LogP contribution in [0.5, 0.6) is 0 Å². The first-order valence-corrected chi connectivity index (χ1v) is 5.70. The number of hydrogen-bond donors (Lipinski definition) is 2. The molecule has 1 aromatic carbocycles. The van der Waals surface area contributed by atoms with E-state index in [9.17, 15) is 9.59 Å². The average Bonchev–Trinajstić information content (AvgIpc) is 2.44. The fourth-order valence-corrected chi connectivity index (χ4v) is 1.51. The van der Waals surface area contributed by atoms with Crippen molar-refractivity contribution in [3.8, 4) is 6.07 Å². The van der Waals surface area contributed by atoms with E-state index in [4.69, 9.17) is 5.26 Å². The Morgan fingerprint density at radius 2 is 2.05 bits per heavy atom. The number of alkyl carbamates (subject to hydrolysis) is 1. The Morgan fingerprint density at radius 3 is 2.63 bits per heavy atom. The number of carbonyl (C=O) groups excluding carboxylic acids is 2. The number of hydrogen-bond acceptors (Lipinski definition) is 4. The third kappa shape index (κ3) is 5.08. The van der Waals surface area contributed by atoms with Gasteiger partial charge in [-0.2, -0.15) is 5.26 Å². The van der Waals surface area contributed by atoms with Crippen LogP contribution >= 0.6 is 0 Å². The normalized spacial score (nSPS) is 10.9. The van der Waals surface area contributed by atoms with Crippen LogP contribution in [-0.4, -0.2) is 31.7 Å². The van der Waals surface area contributed by atoms with E-state index in [0.717, 1.165) is 5.56 Å². The van der Waals surface area contributed by atoms with Crippen molar-refractivity contribution < 1.29 is 14.3 Å². The fourth-order valence-electron chi connectivity index (χ4n) is 1.51. The highest BCUT2D eigenvalue weighted by Crippen LogP contribution is 2.03. The van der Waals surface area contributed by atoms with Gasteiger partial charge in [0, 0.05) is 6.42 Å². The molecule has 0 fully saturated rings. The largest absolute Gasteiger partial charge is 0.453 e. The highest BCUT2D eigenvalue weighted by molar-refractivity contribution is 5.86. The molecule has 1 atom stereocenters. The van der Waals surface area contributed by atoms with Crippen molar-refractivity contribution >= 4 is 12.0 Å². The van der Waals surface area contributed by atoms with E-state index in [1.54, 1.807) is 0 Å². The molecule has 1 rings (SSSR count). The molecule has 0 spiro atoms. The fraction of sp³-hybridized carbons (Fsp3) is 0.308. The highest BCUT2D eigenvalue weighted by atomic mass is 16.5. The summed E-state index contributed by atoms with van der Waals surface area (Å²) >= 11 is 0. The molecule has 0 radical (unpaired) electrons. The van der Waals surface area contributed by atoms with Crippen LogP contribution in [-0.2, 0) is 16.0 Å². The number of carbonyl (C=O) groups is 2. The Bertz CT molecular complexity index is 468. The number of nitriles is 1. The van der Waals surface area contributed by atoms with E-state index < -0.39 is 18.0 Å². The maximum atomic E-state index is 11.8. The Labute approximate surface area is 111 Å². The van der Waals surface area contributed by atoms with Crippen LogP contribution in [0, 0.1) is 11.3 Å². The van der Waals surface area contributed by atoms with Crippen LogP contribution in [0.25, 0.3) is 0 Å². The summed E-state index contributed by atoms with van der Waals surface area (Å²) in [6.07, 6.45) is -0.360. The summed E-state index contributed by atoms with van der Waals surface area (Å²) in [7, 11) is 1.22. The van der Waals surface area contributed by atoms with E-state index in [1.165, 1.54) is 7.11 Å². The van der Waals surface area contributed by atoms with Crippen molar-refractivity contribution in [3.05, 3.63) is 35.9 Å². The lowest BCUT2D eigenvalue weighted by Gasteiger charge is -2.16. The zero-order valence-electron chi connectivity index (χ0n) is 10.6. The van der Waals surface area contributed by atoms with Crippen molar-refractivity contribution in [1.29, 1.82) is 5.26 Å². The monoisotopic (exact) mass is 261 g/mol. The van der Waals surface area contributed by atoms with Gasteiger partial charge in [0.2, 0.25) is 5.91 Å². The Balaban J connectivity index is 2.71. The van der Waals surface area contributed by atoms with Gasteiger partial charge in [-0.15, -0.1) is 0 Å². The minimum atomic E-state index is -0.775. The molecule has 0 heterocycles. The van der Waals surface area contributed by atoms with Gasteiger partial charge in [0.25, 0.3) is 0 Å². The second-order valence-corrected chi connectivity index (χ2v) is 3.75. The van der Waals surface area contributed by atoms with E-state index >= 15 is 0 Å². The van der Waals surface area contributed by atoms with Gasteiger partial charge in [0.1, 0.15) is 12.6 Å². The van der Waals surface area contributed by atoms with Crippen LogP contribution in [0.3, 0.4) is 0 Å². The molecule has 0 saturated heterocycles. The first kappa shape index (κ1) is 14.5. The molecular formula is C13H15N3O3. The molecule has 0 saturated carbocycles. The minimum absolute atomic E-state index is 0.104. The van der Waals surface area contributed by atoms with Crippen molar-refractivity contribution in [2.75, 3.05) is 13.7 Å². The van der Waals surface area contributed by atoms with Crippen molar-refractivity contribution in [2.45, 2.75) is 12.5 Å². The summed E-state index contributed by atoms with van der Waals surface area (Å²) in [6, 6.07) is 10.3. The Kier molecular flexibility index (Phi) is 5.89. The molecule has 0 aliphatic carbocycles. The quantitative estimate of drug-likeness (QED) is 0.759. The van der Waals surface area contributed by atoms with Crippen molar-refractivity contribution in [1.82, 2.24) is 10.6 Å². The maximum absolute atomic E-state index is 11.8. The molecule has 6 heteroatoms. The molecule has 0 unspecified atom stereocenters. The summed E-state index contributed by atoms with van der Waals surface area (Å²) in [5.41, 5.74) is 0.899. The molecule has 6 nitrogen and oxygen atoms in total. The summed E-state index contributed by atoms with van der Waals surface area (Å²) in [5.74, 6) is -0.421. The topological polar surface area (TPSA) is 91.2 Å². The number of benzene rings is 1. The van der Waals surface area contributed by atoms with Gasteiger partial charge in [-0.25, -0.2) is 4.79 Å². The zero-order valence-corrected chi connectivity index (χ0v) is 10.6. The van der Waals surface area contributed by atoms with Crippen LogP contribution in [0.15, 0.2) is 30.3 Å². The van der Waals surface area contributed by atoms with Gasteiger partial charge < -0.3 is 15.4 Å². The SMILES string of the molecule is COC(=O)N[C@@H](Cc1ccccc1)C(=O)NCC#N. The van der Waals surface area contributed by atoms with Gasteiger partial charge in [-0.05, 0) is 5.56 Å². The number of nitrogens with zero attached hydrogens (tertiary/aromatic N) is 1. The molecule has 0 aliphatic rings. The van der Waals surface area contributed by atoms with Crippen LogP contribution in [0.1, 0.15) is 5.56 Å². The number of nitrogens with one attached hydrogen (secondary N) is 2. The van der Waals surface area contributed by atoms with Crippen LogP contribution in [0.4, 0.5) is 4.79 Å². The molecule has 19 heavy (non-hydrogen) atoms. The molecule has 100 valence electrons. The highest BCUT2D eigenvalue weighted by Gasteiger charge is 2.21. The predicted octanol–water partition coefficient (Wildman–Crippen LogP) is 0.593. The van der Waals surface area contributed by atoms with Crippen LogP contribution in [0.2, 0.25) is 0 Å². The van der Waals surface area contributed by atoms with E-state index in [2.05, 4.69) is 15.4 Å². The minimum Gasteiger partial charge on any atom is -0.453 e. The predicted molar refractivity (Wildman–Crippen MR) is 68.1 cm³/mol. The molecule has 0 bridgehead atoms. The Morgan fingerprint density at radius 1 is 1.37 bits per heavy atom. The van der Waals surface area contributed by atoms with Gasteiger partial charge >= 0.3 is 6.09 Å². The van der Waals surface area contributed by atoms with Crippen molar-refractivity contribution in [2.24, 2.45) is 0 Å². The number of amides is 2. The van der Waals surface area contributed by atoms with E-state index in [1.807, 2.05) is 36.4 Å². The molecule has 2 N–H and O–H groups in total. The van der Waals surface area contributed by atoms with Gasteiger partial charge in [0.05, 0.1) is 13.2 Å². The first-order chi connectivity index (χ1) is 9.17. The number of ether oxygens (including phenoxy) is 1. The first-order valence-electron chi connectivity index (χ1n) is 5.70. The van der Waals surface area contributed by atoms with Gasteiger partial charge in [-0.1, -0.05) is 30.3 Å². The van der Waals surface area contributed by atoms with Gasteiger partial charge in [0.15, 0.2) is 0 Å². The summed E-state index contributed by atoms with van der Waals surface area (Å²) < 4.78 is 4.48. The number of rotatable bonds is 5. The molecular weight excluding hydrogens is 246 g/mol. The standard InChI is InChI=1S/C13H15N3O3/c1-19-13(18)16-11(12(17)15-8-7-14)9-10-5-3-2-4-6-10/h2-6,11H,8-9H2,1H3,(H,15,17)(H,16,18)/t11-/m0/s1. The van der Waals surface area contributed by atoms with E-state index in [0.29, 0.717) is 6.42 Å². The molecule has 2 amide bonds. The molecule has 1 aromatic rings. The summed E-state index contributed by atoms with van der Waals surface area (Å²) in [4.78, 5) is 23.0. The van der Waals surface area contributed by atoms with Crippen LogP contribution < -0.4 is 10.6 Å². The second kappa shape index (κ2) is 7.71. The van der Waals surface area contributed by atoms with Crippen molar-refractivity contribution in [3.63, 3.8) is 0 Å². The van der Waals surface area contributed by atoms with E-state index in [-0.39, 0.29) is 6.54 Å². The third-order valence-corrected chi connectivity index (χ3v) is 2.42. The lowest BCUT2D eigenvalue weighted by Crippen LogP contribution is -2.48. The zero-order chi connectivity index (χ0) is 14.1. The second-order valence-electron chi connectivity index (χ2n) is 3.75. The van der Waals surface area contributed by atoms with Gasteiger partial charge in [-0.3, -0.25) is 4.79 Å². The summed E-state index contributed by atoms with van der Waals surface area (Å²) in [6.45, 7) is -0.104. The number of methoxy groups -OCH3 is 1. The lowest BCUT2D eigenvalue weighted by molar-refractivity contribution is -0.122. The molecule has 0 aromatic heterocycles. The average molecular weight is 261 g/mol. The third-order valence-electron chi connectivity index (χ3n) is 2.42. The molecule has 0 aliphatic heterocycles. The Hall–Kier alpha value is -2.55.